The molecule has 0 aliphatic heterocycles. The van der Waals surface area contributed by atoms with Crippen LogP contribution < -0.4 is 4.90 Å². The van der Waals surface area contributed by atoms with Gasteiger partial charge in [-0.15, -0.1) is 0 Å². The van der Waals surface area contributed by atoms with Crippen molar-refractivity contribution in [3.05, 3.63) is 283 Å². The van der Waals surface area contributed by atoms with Gasteiger partial charge in [0.1, 0.15) is 0 Å². The first kappa shape index (κ1) is 38.6. The lowest BCUT2D eigenvalue weighted by atomic mass is 9.67. The van der Waals surface area contributed by atoms with Gasteiger partial charge in [-0.1, -0.05) is 188 Å². The van der Waals surface area contributed by atoms with Crippen molar-refractivity contribution in [2.45, 2.75) is 5.41 Å². The Hall–Kier alpha value is -8.79. The molecule has 0 unspecified atom stereocenters. The molecule has 1 aliphatic rings. The number of aromatic nitrogens is 2. The predicted octanol–water partition coefficient (Wildman–Crippen LogP) is 16.5. The highest BCUT2D eigenvalue weighted by atomic mass is 15.1. The van der Waals surface area contributed by atoms with Crippen LogP contribution in [-0.4, -0.2) is 9.55 Å². The fraction of sp³-hybridized carbons (Fsp3) is 0.0156. The van der Waals surface area contributed by atoms with Gasteiger partial charge in [0.15, 0.2) is 0 Å². The average Bonchev–Trinajstić information content (AvgIpc) is 3.90. The summed E-state index contributed by atoms with van der Waals surface area (Å²) in [5.41, 5.74) is 18.7. The SMILES string of the molecule is c1ccc(N(c2ccc(-c3cccc(-c4ccc5c(c4)c4ccccc4n5-c4ccc5c(c4)C(c4ccccc4)(c4ccccc4)c4ccccc4-5)c3)cc2)c2cncc3ccccc23)cc1. The minimum atomic E-state index is -0.475. The molecule has 0 saturated carbocycles. The molecule has 0 N–H and O–H groups in total. The maximum absolute atomic E-state index is 4.64. The molecule has 2 aromatic heterocycles. The third kappa shape index (κ3) is 6.16. The van der Waals surface area contributed by atoms with Gasteiger partial charge in [-0.05, 0) is 116 Å². The Kier molecular flexibility index (Phi) is 9.07. The molecular weight excluding hydrogens is 811 g/mol. The number of fused-ring (bicyclic) bond motifs is 7. The molecule has 3 heteroatoms. The van der Waals surface area contributed by atoms with Crippen LogP contribution in [0.5, 0.6) is 0 Å². The molecule has 0 atom stereocenters. The van der Waals surface area contributed by atoms with Crippen molar-refractivity contribution in [2.75, 3.05) is 4.90 Å². The van der Waals surface area contributed by atoms with Crippen LogP contribution in [0.3, 0.4) is 0 Å². The maximum Gasteiger partial charge on any atom is 0.0723 e. The van der Waals surface area contributed by atoms with E-state index in [0.29, 0.717) is 0 Å². The van der Waals surface area contributed by atoms with Crippen LogP contribution >= 0.6 is 0 Å². The normalized spacial score (nSPS) is 12.6. The fourth-order valence-corrected chi connectivity index (χ4v) is 11.0. The summed E-state index contributed by atoms with van der Waals surface area (Å²) in [6, 6.07) is 90.9. The fourth-order valence-electron chi connectivity index (χ4n) is 11.0. The Balaban J connectivity index is 0.901. The highest BCUT2D eigenvalue weighted by Crippen LogP contribution is 2.56. The molecule has 10 aromatic carbocycles. The molecule has 1 aliphatic carbocycles. The zero-order valence-corrected chi connectivity index (χ0v) is 36.7. The maximum atomic E-state index is 4.64. The molecule has 0 radical (unpaired) electrons. The van der Waals surface area contributed by atoms with Gasteiger partial charge < -0.3 is 9.47 Å². The molecule has 0 amide bonds. The quantitative estimate of drug-likeness (QED) is 0.152. The predicted molar refractivity (Wildman–Crippen MR) is 279 cm³/mol. The molecule has 2 heterocycles. The Morgan fingerprint density at radius 1 is 0.358 bits per heavy atom. The van der Waals surface area contributed by atoms with Crippen molar-refractivity contribution in [3.63, 3.8) is 0 Å². The zero-order valence-electron chi connectivity index (χ0n) is 36.7. The van der Waals surface area contributed by atoms with E-state index in [4.69, 9.17) is 0 Å². The number of rotatable bonds is 8. The lowest BCUT2D eigenvalue weighted by molar-refractivity contribution is 0.767. The second-order valence-corrected chi connectivity index (χ2v) is 17.5. The molecule has 67 heavy (non-hydrogen) atoms. The molecular formula is C64H43N3. The van der Waals surface area contributed by atoms with Gasteiger partial charge in [0.05, 0.1) is 28.3 Å². The Morgan fingerprint density at radius 2 is 0.940 bits per heavy atom. The van der Waals surface area contributed by atoms with E-state index in [9.17, 15) is 0 Å². The van der Waals surface area contributed by atoms with Gasteiger partial charge in [-0.2, -0.15) is 0 Å². The molecule has 12 aromatic rings. The third-order valence-corrected chi connectivity index (χ3v) is 13.9. The minimum absolute atomic E-state index is 0.475. The summed E-state index contributed by atoms with van der Waals surface area (Å²) in [7, 11) is 0. The molecule has 0 saturated heterocycles. The highest BCUT2D eigenvalue weighted by molar-refractivity contribution is 6.10. The third-order valence-electron chi connectivity index (χ3n) is 13.9. The van der Waals surface area contributed by atoms with Gasteiger partial charge >= 0.3 is 0 Å². The standard InChI is InChI=1S/C64H43N3/c1-4-20-49(21-5-1)64(50-22-6-2-7-23-50)59-29-14-12-27-55(59)56-37-36-53(41-60(56)64)67-61-30-15-13-28-57(61)58-40-47(33-38-62(58)67)46-19-16-18-45(39-46)44-31-34-52(35-32-44)66(51-24-8-3-9-25-51)63-43-65-42-48-17-10-11-26-54(48)63/h1-43H. The number of hydrogen-bond donors (Lipinski definition) is 0. The van der Waals surface area contributed by atoms with E-state index in [0.717, 1.165) is 39.1 Å². The second-order valence-electron chi connectivity index (χ2n) is 17.5. The van der Waals surface area contributed by atoms with Gasteiger partial charge in [0, 0.05) is 44.8 Å². The number of benzene rings is 10. The molecule has 0 bridgehead atoms. The van der Waals surface area contributed by atoms with Crippen molar-refractivity contribution in [2.24, 2.45) is 0 Å². The molecule has 3 nitrogen and oxygen atoms in total. The van der Waals surface area contributed by atoms with Crippen LogP contribution in [0, 0.1) is 0 Å². The Bertz CT molecular complexity index is 3750. The number of pyridine rings is 1. The largest absolute Gasteiger partial charge is 0.309 e. The van der Waals surface area contributed by atoms with Crippen molar-refractivity contribution in [3.8, 4) is 39.1 Å². The van der Waals surface area contributed by atoms with E-state index in [1.165, 1.54) is 71.9 Å². The monoisotopic (exact) mass is 853 g/mol. The molecule has 0 fully saturated rings. The summed E-state index contributed by atoms with van der Waals surface area (Å²) in [5, 5.41) is 4.73. The lowest BCUT2D eigenvalue weighted by Crippen LogP contribution is -2.28. The van der Waals surface area contributed by atoms with Gasteiger partial charge in [0.25, 0.3) is 0 Å². The van der Waals surface area contributed by atoms with E-state index in [-0.39, 0.29) is 0 Å². The van der Waals surface area contributed by atoms with Crippen LogP contribution in [0.2, 0.25) is 0 Å². The van der Waals surface area contributed by atoms with Crippen LogP contribution in [0.15, 0.2) is 261 Å². The van der Waals surface area contributed by atoms with Gasteiger partial charge in [-0.3, -0.25) is 4.98 Å². The van der Waals surface area contributed by atoms with Crippen molar-refractivity contribution >= 4 is 49.6 Å². The lowest BCUT2D eigenvalue weighted by Gasteiger charge is -2.34. The summed E-state index contributed by atoms with van der Waals surface area (Å²) in [4.78, 5) is 6.94. The van der Waals surface area contributed by atoms with Crippen molar-refractivity contribution in [1.82, 2.24) is 9.55 Å². The second kappa shape index (κ2) is 15.7. The topological polar surface area (TPSA) is 21.1 Å². The summed E-state index contributed by atoms with van der Waals surface area (Å²) in [5.74, 6) is 0. The Labute approximate surface area is 390 Å². The van der Waals surface area contributed by atoms with E-state index >= 15 is 0 Å². The number of para-hydroxylation sites is 2. The van der Waals surface area contributed by atoms with Gasteiger partial charge in [-0.25, -0.2) is 0 Å². The first-order valence-electron chi connectivity index (χ1n) is 23.0. The van der Waals surface area contributed by atoms with E-state index in [1.54, 1.807) is 0 Å². The first-order chi connectivity index (χ1) is 33.2. The van der Waals surface area contributed by atoms with Crippen LogP contribution in [0.25, 0.3) is 71.6 Å². The van der Waals surface area contributed by atoms with Gasteiger partial charge in [0.2, 0.25) is 0 Å². The Morgan fingerprint density at radius 3 is 1.72 bits per heavy atom. The van der Waals surface area contributed by atoms with E-state index < -0.39 is 5.41 Å². The van der Waals surface area contributed by atoms with Crippen LogP contribution in [0.4, 0.5) is 17.1 Å². The number of anilines is 3. The van der Waals surface area contributed by atoms with Crippen molar-refractivity contribution < 1.29 is 0 Å². The average molecular weight is 854 g/mol. The van der Waals surface area contributed by atoms with E-state index in [2.05, 4.69) is 263 Å². The number of nitrogens with zero attached hydrogens (tertiary/aromatic N) is 3. The van der Waals surface area contributed by atoms with Crippen LogP contribution in [0.1, 0.15) is 22.3 Å². The summed E-state index contributed by atoms with van der Waals surface area (Å²) < 4.78 is 2.46. The molecule has 13 rings (SSSR count). The van der Waals surface area contributed by atoms with E-state index in [1.807, 2.05) is 12.4 Å². The molecule has 314 valence electrons. The minimum Gasteiger partial charge on any atom is -0.309 e. The van der Waals surface area contributed by atoms with Crippen molar-refractivity contribution in [1.29, 1.82) is 0 Å². The summed E-state index contributed by atoms with van der Waals surface area (Å²) in [6.07, 6.45) is 3.90. The zero-order chi connectivity index (χ0) is 44.3. The summed E-state index contributed by atoms with van der Waals surface area (Å²) in [6.45, 7) is 0. The number of hydrogen-bond acceptors (Lipinski definition) is 2. The smallest absolute Gasteiger partial charge is 0.0723 e. The van der Waals surface area contributed by atoms with Crippen LogP contribution in [-0.2, 0) is 5.41 Å². The summed E-state index contributed by atoms with van der Waals surface area (Å²) >= 11 is 0. The molecule has 0 spiro atoms. The first-order valence-corrected chi connectivity index (χ1v) is 23.0. The highest BCUT2D eigenvalue weighted by Gasteiger charge is 2.46.